The molecular formula is C24H24ClN3O3S. The van der Waals surface area contributed by atoms with Crippen LogP contribution in [0, 0.1) is 5.92 Å². The molecule has 0 radical (unpaired) electrons. The quantitative estimate of drug-likeness (QED) is 0.525. The van der Waals surface area contributed by atoms with Gasteiger partial charge in [0, 0.05) is 41.1 Å². The maximum Gasteiger partial charge on any atom is 0.243 e. The molecule has 8 heteroatoms. The van der Waals surface area contributed by atoms with E-state index in [-0.39, 0.29) is 16.7 Å². The predicted molar refractivity (Wildman–Crippen MR) is 128 cm³/mol. The Kier molecular flexibility index (Phi) is 6.79. The number of para-hydroxylation sites is 1. The third-order valence-electron chi connectivity index (χ3n) is 5.49. The number of hydrogen-bond acceptors (Lipinski definition) is 4. The highest BCUT2D eigenvalue weighted by Crippen LogP contribution is 2.26. The molecule has 4 rings (SSSR count). The number of nitrogens with one attached hydrogen (secondary N) is 2. The van der Waals surface area contributed by atoms with E-state index in [0.717, 1.165) is 11.4 Å². The van der Waals surface area contributed by atoms with Gasteiger partial charge in [-0.3, -0.25) is 4.79 Å². The third-order valence-corrected chi connectivity index (χ3v) is 7.66. The normalized spacial score (nSPS) is 15.3. The summed E-state index contributed by atoms with van der Waals surface area (Å²) in [7, 11) is -3.58. The van der Waals surface area contributed by atoms with E-state index in [0.29, 0.717) is 36.6 Å². The van der Waals surface area contributed by atoms with Crippen LogP contribution in [0.25, 0.3) is 0 Å². The number of nitrogens with zero attached hydrogens (tertiary/aromatic N) is 1. The van der Waals surface area contributed by atoms with Gasteiger partial charge in [-0.05, 0) is 73.5 Å². The van der Waals surface area contributed by atoms with Gasteiger partial charge in [-0.2, -0.15) is 4.31 Å². The summed E-state index contributed by atoms with van der Waals surface area (Å²) in [6, 6.07) is 23.5. The third kappa shape index (κ3) is 5.30. The molecule has 1 amide bonds. The zero-order valence-electron chi connectivity index (χ0n) is 17.4. The molecule has 32 heavy (non-hydrogen) atoms. The van der Waals surface area contributed by atoms with Crippen molar-refractivity contribution in [3.05, 3.63) is 83.9 Å². The van der Waals surface area contributed by atoms with E-state index in [1.54, 1.807) is 12.1 Å². The maximum absolute atomic E-state index is 12.8. The van der Waals surface area contributed by atoms with Crippen LogP contribution in [0.2, 0.25) is 5.02 Å². The number of piperidine rings is 1. The Morgan fingerprint density at radius 2 is 1.38 bits per heavy atom. The molecule has 1 heterocycles. The Bertz CT molecular complexity index is 1160. The van der Waals surface area contributed by atoms with Gasteiger partial charge in [-0.25, -0.2) is 8.42 Å². The van der Waals surface area contributed by atoms with Gasteiger partial charge in [-0.1, -0.05) is 29.8 Å². The lowest BCUT2D eigenvalue weighted by molar-refractivity contribution is -0.120. The van der Waals surface area contributed by atoms with Crippen LogP contribution in [0.4, 0.5) is 17.1 Å². The number of benzene rings is 3. The lowest BCUT2D eigenvalue weighted by atomic mass is 9.97. The molecule has 166 valence electrons. The molecule has 6 nitrogen and oxygen atoms in total. The molecule has 1 fully saturated rings. The van der Waals surface area contributed by atoms with E-state index in [2.05, 4.69) is 10.6 Å². The smallest absolute Gasteiger partial charge is 0.243 e. The number of halogens is 1. The fourth-order valence-electron chi connectivity index (χ4n) is 3.68. The van der Waals surface area contributed by atoms with E-state index >= 15 is 0 Å². The second-order valence-corrected chi connectivity index (χ2v) is 10.1. The lowest BCUT2D eigenvalue weighted by Gasteiger charge is -2.30. The number of carbonyl (C=O) groups excluding carboxylic acids is 1. The molecule has 3 aromatic carbocycles. The Hall–Kier alpha value is -2.87. The molecule has 2 N–H and O–H groups in total. The average Bonchev–Trinajstić information content (AvgIpc) is 2.81. The summed E-state index contributed by atoms with van der Waals surface area (Å²) in [6.07, 6.45) is 0.957. The number of carbonyl (C=O) groups is 1. The summed E-state index contributed by atoms with van der Waals surface area (Å²) in [5.41, 5.74) is 2.63. The summed E-state index contributed by atoms with van der Waals surface area (Å²) in [5.74, 6) is -0.314. The largest absolute Gasteiger partial charge is 0.356 e. The van der Waals surface area contributed by atoms with Gasteiger partial charge in [-0.15, -0.1) is 0 Å². The van der Waals surface area contributed by atoms with Gasteiger partial charge in [0.15, 0.2) is 0 Å². The van der Waals surface area contributed by atoms with Crippen LogP contribution >= 0.6 is 11.6 Å². The highest BCUT2D eigenvalue weighted by atomic mass is 35.5. The topological polar surface area (TPSA) is 78.5 Å². The summed E-state index contributed by atoms with van der Waals surface area (Å²) >= 11 is 5.86. The Labute approximate surface area is 193 Å². The fourth-order valence-corrected chi connectivity index (χ4v) is 5.28. The van der Waals surface area contributed by atoms with E-state index in [1.807, 2.05) is 54.6 Å². The SMILES string of the molecule is O=C(Nc1ccc(Nc2ccccc2)cc1)C1CCN(S(=O)(=O)c2ccc(Cl)cc2)CC1. The van der Waals surface area contributed by atoms with Crippen molar-refractivity contribution in [2.24, 2.45) is 5.92 Å². The van der Waals surface area contributed by atoms with Gasteiger partial charge >= 0.3 is 0 Å². The number of hydrogen-bond donors (Lipinski definition) is 2. The molecule has 0 unspecified atom stereocenters. The highest BCUT2D eigenvalue weighted by molar-refractivity contribution is 7.89. The molecule has 1 saturated heterocycles. The molecule has 0 bridgehead atoms. The molecule has 0 atom stereocenters. The van der Waals surface area contributed by atoms with Crippen molar-refractivity contribution in [3.63, 3.8) is 0 Å². The van der Waals surface area contributed by atoms with Crippen LogP contribution in [0.5, 0.6) is 0 Å². The molecule has 0 aliphatic carbocycles. The van der Waals surface area contributed by atoms with E-state index < -0.39 is 10.0 Å². The van der Waals surface area contributed by atoms with Gasteiger partial charge in [0.25, 0.3) is 0 Å². The van der Waals surface area contributed by atoms with Crippen molar-refractivity contribution in [2.45, 2.75) is 17.7 Å². The minimum Gasteiger partial charge on any atom is -0.356 e. The van der Waals surface area contributed by atoms with Crippen LogP contribution in [0.3, 0.4) is 0 Å². The van der Waals surface area contributed by atoms with Crippen LogP contribution in [-0.2, 0) is 14.8 Å². The maximum atomic E-state index is 12.8. The second-order valence-electron chi connectivity index (χ2n) is 7.69. The number of anilines is 3. The fraction of sp³-hybridized carbons (Fsp3) is 0.208. The van der Waals surface area contributed by atoms with Crippen molar-refractivity contribution in [2.75, 3.05) is 23.7 Å². The first-order valence-corrected chi connectivity index (χ1v) is 12.2. The predicted octanol–water partition coefficient (Wildman–Crippen LogP) is 5.12. The molecular weight excluding hydrogens is 446 g/mol. The van der Waals surface area contributed by atoms with Crippen LogP contribution in [-0.4, -0.2) is 31.7 Å². The Balaban J connectivity index is 1.31. The number of rotatable bonds is 6. The van der Waals surface area contributed by atoms with E-state index in [9.17, 15) is 13.2 Å². The first kappa shape index (κ1) is 22.3. The zero-order valence-corrected chi connectivity index (χ0v) is 18.9. The monoisotopic (exact) mass is 469 g/mol. The van der Waals surface area contributed by atoms with Gasteiger partial charge in [0.1, 0.15) is 0 Å². The van der Waals surface area contributed by atoms with Gasteiger partial charge < -0.3 is 10.6 Å². The molecule has 0 spiro atoms. The van der Waals surface area contributed by atoms with Gasteiger partial charge in [0.2, 0.25) is 15.9 Å². The summed E-state index contributed by atoms with van der Waals surface area (Å²) in [6.45, 7) is 0.617. The standard InChI is InChI=1S/C24H24ClN3O3S/c25-19-6-12-23(13-7-19)32(30,31)28-16-14-18(15-17-28)24(29)27-22-10-8-21(9-11-22)26-20-4-2-1-3-5-20/h1-13,18,26H,14-17H2,(H,27,29). The van der Waals surface area contributed by atoms with Crippen molar-refractivity contribution < 1.29 is 13.2 Å². The molecule has 1 aliphatic rings. The second kappa shape index (κ2) is 9.73. The van der Waals surface area contributed by atoms with E-state index in [1.165, 1.54) is 16.4 Å². The zero-order chi connectivity index (χ0) is 22.6. The van der Waals surface area contributed by atoms with Crippen LogP contribution < -0.4 is 10.6 Å². The summed E-state index contributed by atoms with van der Waals surface area (Å²) in [4.78, 5) is 12.9. The number of amides is 1. The lowest BCUT2D eigenvalue weighted by Crippen LogP contribution is -2.41. The first-order chi connectivity index (χ1) is 15.4. The van der Waals surface area contributed by atoms with Crippen LogP contribution in [0.1, 0.15) is 12.8 Å². The van der Waals surface area contributed by atoms with Crippen molar-refractivity contribution in [1.82, 2.24) is 4.31 Å². The van der Waals surface area contributed by atoms with Gasteiger partial charge in [0.05, 0.1) is 4.90 Å². The summed E-state index contributed by atoms with van der Waals surface area (Å²) < 4.78 is 27.0. The summed E-state index contributed by atoms with van der Waals surface area (Å²) in [5, 5.41) is 6.73. The van der Waals surface area contributed by atoms with E-state index in [4.69, 9.17) is 11.6 Å². The first-order valence-electron chi connectivity index (χ1n) is 10.4. The van der Waals surface area contributed by atoms with Crippen molar-refractivity contribution >= 4 is 44.6 Å². The molecule has 3 aromatic rings. The Morgan fingerprint density at radius 3 is 2.00 bits per heavy atom. The van der Waals surface area contributed by atoms with Crippen LogP contribution in [0.15, 0.2) is 83.8 Å². The molecule has 0 aromatic heterocycles. The molecule has 1 aliphatic heterocycles. The average molecular weight is 470 g/mol. The minimum absolute atomic E-state index is 0.0858. The highest BCUT2D eigenvalue weighted by Gasteiger charge is 2.32. The van der Waals surface area contributed by atoms with Crippen molar-refractivity contribution in [3.8, 4) is 0 Å². The van der Waals surface area contributed by atoms with Crippen molar-refractivity contribution in [1.29, 1.82) is 0 Å². The number of sulfonamides is 1. The Morgan fingerprint density at radius 1 is 0.812 bits per heavy atom. The molecule has 0 saturated carbocycles. The minimum atomic E-state index is -3.58.